The Kier molecular flexibility index (Phi) is 8.32. The van der Waals surface area contributed by atoms with Crippen molar-refractivity contribution in [1.82, 2.24) is 4.90 Å². The minimum atomic E-state index is -0.592. The number of cyclic esters (lactones) is 1. The highest BCUT2D eigenvalue weighted by Crippen LogP contribution is 2.30. The first-order valence-electron chi connectivity index (χ1n) is 10.9. The molecule has 0 bridgehead atoms. The van der Waals surface area contributed by atoms with E-state index in [1.165, 1.54) is 37.0 Å². The van der Waals surface area contributed by atoms with Gasteiger partial charge in [-0.15, -0.1) is 0 Å². The van der Waals surface area contributed by atoms with E-state index < -0.39 is 17.6 Å². The van der Waals surface area contributed by atoms with Gasteiger partial charge in [0.2, 0.25) is 5.91 Å². The highest BCUT2D eigenvalue weighted by molar-refractivity contribution is 5.96. The maximum absolute atomic E-state index is 13.1. The number of hydrogen-bond donors (Lipinski definition) is 0. The summed E-state index contributed by atoms with van der Waals surface area (Å²) >= 11 is 0. The Bertz CT molecular complexity index is 548. The number of imide groups is 1. The molecule has 6 heteroatoms. The van der Waals surface area contributed by atoms with E-state index in [9.17, 15) is 14.4 Å². The predicted molar refractivity (Wildman–Crippen MR) is 107 cm³/mol. The van der Waals surface area contributed by atoms with Crippen LogP contribution in [0.15, 0.2) is 0 Å². The van der Waals surface area contributed by atoms with Crippen molar-refractivity contribution in [3.8, 4) is 0 Å². The van der Waals surface area contributed by atoms with Gasteiger partial charge in [0.1, 0.15) is 12.2 Å². The van der Waals surface area contributed by atoms with Gasteiger partial charge in [0, 0.05) is 5.92 Å². The zero-order valence-electron chi connectivity index (χ0n) is 18.0. The second kappa shape index (κ2) is 10.3. The fraction of sp³-hybridized carbons (Fsp3) is 0.864. The van der Waals surface area contributed by atoms with E-state index in [4.69, 9.17) is 9.47 Å². The number of ether oxygens (including phenoxy) is 2. The van der Waals surface area contributed by atoms with Crippen LogP contribution in [-0.4, -0.2) is 41.1 Å². The maximum atomic E-state index is 13.1. The molecule has 1 saturated carbocycles. The lowest BCUT2D eigenvalue weighted by atomic mass is 9.84. The molecule has 2 aliphatic rings. The van der Waals surface area contributed by atoms with Gasteiger partial charge in [-0.1, -0.05) is 51.9 Å². The van der Waals surface area contributed by atoms with Crippen molar-refractivity contribution in [3.63, 3.8) is 0 Å². The lowest BCUT2D eigenvalue weighted by Gasteiger charge is -2.26. The summed E-state index contributed by atoms with van der Waals surface area (Å²) in [6.07, 6.45) is 9.11. The fourth-order valence-corrected chi connectivity index (χ4v) is 4.25. The molecular weight excluding hydrogens is 358 g/mol. The molecule has 2 fully saturated rings. The first kappa shape index (κ1) is 22.7. The fourth-order valence-electron chi connectivity index (χ4n) is 4.25. The van der Waals surface area contributed by atoms with Crippen LogP contribution < -0.4 is 0 Å². The van der Waals surface area contributed by atoms with Crippen LogP contribution in [-0.2, 0) is 19.1 Å². The van der Waals surface area contributed by atoms with Gasteiger partial charge >= 0.3 is 12.1 Å². The molecule has 0 aromatic heterocycles. The van der Waals surface area contributed by atoms with Gasteiger partial charge < -0.3 is 9.47 Å². The molecule has 0 radical (unpaired) electrons. The molecule has 1 saturated heterocycles. The van der Waals surface area contributed by atoms with Crippen LogP contribution in [0.4, 0.5) is 4.79 Å². The Balaban J connectivity index is 2.00. The topological polar surface area (TPSA) is 72.9 Å². The molecule has 1 aliphatic heterocycles. The van der Waals surface area contributed by atoms with Gasteiger partial charge in [0.05, 0.1) is 12.5 Å². The van der Waals surface area contributed by atoms with Crippen LogP contribution in [0.3, 0.4) is 0 Å². The summed E-state index contributed by atoms with van der Waals surface area (Å²) in [4.78, 5) is 38.8. The molecule has 0 spiro atoms. The predicted octanol–water partition coefficient (Wildman–Crippen LogP) is 4.84. The zero-order valence-corrected chi connectivity index (χ0v) is 18.0. The third kappa shape index (κ3) is 6.78. The Morgan fingerprint density at radius 1 is 1.21 bits per heavy atom. The lowest BCUT2D eigenvalue weighted by Crippen LogP contribution is -2.43. The summed E-state index contributed by atoms with van der Waals surface area (Å²) < 4.78 is 10.5. The molecule has 160 valence electrons. The third-order valence-corrected chi connectivity index (χ3v) is 5.74. The van der Waals surface area contributed by atoms with Gasteiger partial charge in [-0.05, 0) is 39.5 Å². The Labute approximate surface area is 169 Å². The van der Waals surface area contributed by atoms with Crippen LogP contribution in [0.2, 0.25) is 0 Å². The van der Waals surface area contributed by atoms with Crippen LogP contribution >= 0.6 is 0 Å². The number of hydrogen-bond acceptors (Lipinski definition) is 5. The number of carbonyl (C=O) groups is 3. The monoisotopic (exact) mass is 395 g/mol. The molecule has 2 rings (SSSR count). The van der Waals surface area contributed by atoms with Crippen LogP contribution in [0.25, 0.3) is 0 Å². The van der Waals surface area contributed by atoms with Crippen molar-refractivity contribution in [2.24, 2.45) is 11.8 Å². The molecule has 1 aliphatic carbocycles. The van der Waals surface area contributed by atoms with Gasteiger partial charge in [0.15, 0.2) is 0 Å². The standard InChI is InChI=1S/C22H37NO5/c1-5-18-15-27-21(26)23(18)20(25)17(14-19(24)28-22(2,3)4)13-9-12-16-10-7-6-8-11-16/h16-18H,5-15H2,1-4H3/t17-,18+/m1/s1. The number of nitrogens with zero attached hydrogens (tertiary/aromatic N) is 1. The molecule has 28 heavy (non-hydrogen) atoms. The van der Waals surface area contributed by atoms with Crippen molar-refractivity contribution in [1.29, 1.82) is 0 Å². The van der Waals surface area contributed by atoms with Gasteiger partial charge in [-0.3, -0.25) is 9.59 Å². The van der Waals surface area contributed by atoms with Crippen LogP contribution in [0, 0.1) is 11.8 Å². The van der Waals surface area contributed by atoms with Crippen molar-refractivity contribution in [2.75, 3.05) is 6.61 Å². The van der Waals surface area contributed by atoms with E-state index >= 15 is 0 Å². The third-order valence-electron chi connectivity index (χ3n) is 5.74. The molecule has 0 unspecified atom stereocenters. The molecule has 6 nitrogen and oxygen atoms in total. The molecule has 0 N–H and O–H groups in total. The van der Waals surface area contributed by atoms with Crippen molar-refractivity contribution < 1.29 is 23.9 Å². The minimum absolute atomic E-state index is 0.0149. The number of esters is 1. The van der Waals surface area contributed by atoms with Gasteiger partial charge in [-0.25, -0.2) is 9.69 Å². The SMILES string of the molecule is CC[C@H]1COC(=O)N1C(=O)[C@H](CCCC1CCCCC1)CC(=O)OC(C)(C)C. The van der Waals surface area contributed by atoms with E-state index in [1.54, 1.807) is 0 Å². The molecule has 1 heterocycles. The average Bonchev–Trinajstić information content (AvgIpc) is 3.00. The molecule has 2 atom stereocenters. The first-order chi connectivity index (χ1) is 13.2. The summed E-state index contributed by atoms with van der Waals surface area (Å²) in [5.41, 5.74) is -0.592. The van der Waals surface area contributed by atoms with E-state index in [0.717, 1.165) is 18.8 Å². The van der Waals surface area contributed by atoms with E-state index in [1.807, 2.05) is 27.7 Å². The van der Waals surface area contributed by atoms with Crippen LogP contribution in [0.1, 0.15) is 91.9 Å². The Morgan fingerprint density at radius 2 is 1.89 bits per heavy atom. The summed E-state index contributed by atoms with van der Waals surface area (Å²) in [7, 11) is 0. The second-order valence-electron chi connectivity index (χ2n) is 9.27. The minimum Gasteiger partial charge on any atom is -0.460 e. The van der Waals surface area contributed by atoms with Crippen molar-refractivity contribution in [2.45, 2.75) is 104 Å². The second-order valence-corrected chi connectivity index (χ2v) is 9.27. The summed E-state index contributed by atoms with van der Waals surface area (Å²) in [6.45, 7) is 7.61. The lowest BCUT2D eigenvalue weighted by molar-refractivity contribution is -0.158. The van der Waals surface area contributed by atoms with Crippen molar-refractivity contribution in [3.05, 3.63) is 0 Å². The first-order valence-corrected chi connectivity index (χ1v) is 10.9. The summed E-state index contributed by atoms with van der Waals surface area (Å²) in [5, 5.41) is 0. The summed E-state index contributed by atoms with van der Waals surface area (Å²) in [5.74, 6) is -0.475. The highest BCUT2D eigenvalue weighted by atomic mass is 16.6. The molecule has 0 aromatic carbocycles. The van der Waals surface area contributed by atoms with E-state index in [2.05, 4.69) is 0 Å². The molecule has 0 aromatic rings. The molecular formula is C22H37NO5. The largest absolute Gasteiger partial charge is 0.460 e. The highest BCUT2D eigenvalue weighted by Gasteiger charge is 2.40. The normalized spacial score (nSPS) is 22.1. The number of carbonyl (C=O) groups excluding carboxylic acids is 3. The number of rotatable bonds is 8. The quantitative estimate of drug-likeness (QED) is 0.550. The average molecular weight is 396 g/mol. The van der Waals surface area contributed by atoms with E-state index in [0.29, 0.717) is 12.8 Å². The van der Waals surface area contributed by atoms with E-state index in [-0.39, 0.29) is 30.9 Å². The maximum Gasteiger partial charge on any atom is 0.416 e. The smallest absolute Gasteiger partial charge is 0.416 e. The zero-order chi connectivity index (χ0) is 20.7. The van der Waals surface area contributed by atoms with Crippen LogP contribution in [0.5, 0.6) is 0 Å². The van der Waals surface area contributed by atoms with Gasteiger partial charge in [-0.2, -0.15) is 0 Å². The Morgan fingerprint density at radius 3 is 2.50 bits per heavy atom. The molecule has 2 amide bonds. The van der Waals surface area contributed by atoms with Gasteiger partial charge in [0.25, 0.3) is 0 Å². The number of amides is 2. The Hall–Kier alpha value is -1.59. The summed E-state index contributed by atoms with van der Waals surface area (Å²) in [6, 6.07) is -0.237. The van der Waals surface area contributed by atoms with Crippen molar-refractivity contribution >= 4 is 18.0 Å².